The smallest absolute Gasteiger partial charge is 0.291 e. The molecule has 6 heteroatoms. The van der Waals surface area contributed by atoms with Crippen LogP contribution in [0, 0.1) is 0 Å². The van der Waals surface area contributed by atoms with E-state index in [0.29, 0.717) is 12.4 Å². The van der Waals surface area contributed by atoms with Crippen LogP contribution in [-0.4, -0.2) is 40.3 Å². The predicted octanol–water partition coefficient (Wildman–Crippen LogP) is 1.01. The number of ether oxygens (including phenoxy) is 1. The third-order valence-corrected chi connectivity index (χ3v) is 2.91. The van der Waals surface area contributed by atoms with Crippen molar-refractivity contribution in [3.8, 4) is 0 Å². The molecule has 18 heavy (non-hydrogen) atoms. The lowest BCUT2D eigenvalue weighted by molar-refractivity contribution is 0.0849. The van der Waals surface area contributed by atoms with Crippen LogP contribution in [0.15, 0.2) is 0 Å². The number of hydrogen-bond donors (Lipinski definition) is 2. The van der Waals surface area contributed by atoms with E-state index in [0.717, 1.165) is 19.4 Å². The van der Waals surface area contributed by atoms with E-state index in [1.807, 2.05) is 20.8 Å². The summed E-state index contributed by atoms with van der Waals surface area (Å²) in [5.74, 6) is 0.653. The number of carbonyl (C=O) groups excluding carboxylic acids is 1. The minimum Gasteiger partial charge on any atom is -0.376 e. The van der Waals surface area contributed by atoms with Crippen molar-refractivity contribution in [3.63, 3.8) is 0 Å². The molecule has 0 aromatic carbocycles. The second-order valence-electron chi connectivity index (χ2n) is 5.60. The fraction of sp³-hybridized carbons (Fsp3) is 0.750. The van der Waals surface area contributed by atoms with Gasteiger partial charge in [0.05, 0.1) is 6.10 Å². The van der Waals surface area contributed by atoms with Crippen LogP contribution < -0.4 is 5.32 Å². The molecule has 1 aromatic rings. The summed E-state index contributed by atoms with van der Waals surface area (Å²) in [7, 11) is 0. The first-order valence-electron chi connectivity index (χ1n) is 6.29. The van der Waals surface area contributed by atoms with Gasteiger partial charge >= 0.3 is 0 Å². The fourth-order valence-electron chi connectivity index (χ4n) is 1.79. The van der Waals surface area contributed by atoms with Crippen LogP contribution in [0.5, 0.6) is 0 Å². The molecule has 1 fully saturated rings. The highest BCUT2D eigenvalue weighted by molar-refractivity contribution is 5.90. The molecule has 2 N–H and O–H groups in total. The molecule has 1 aliphatic heterocycles. The molecule has 0 saturated carbocycles. The monoisotopic (exact) mass is 252 g/mol. The third kappa shape index (κ3) is 3.07. The Bertz CT molecular complexity index is 416. The maximum atomic E-state index is 11.8. The van der Waals surface area contributed by atoms with Gasteiger partial charge in [-0.25, -0.2) is 4.98 Å². The van der Waals surface area contributed by atoms with Crippen molar-refractivity contribution in [2.75, 3.05) is 13.2 Å². The standard InChI is InChI=1S/C12H20N4O2/c1-12(2,3)11-14-9(15-16-11)10(17)13-7-8-5-4-6-18-8/h8H,4-7H2,1-3H3,(H,13,17)(H,14,15,16). The van der Waals surface area contributed by atoms with Gasteiger partial charge in [-0.1, -0.05) is 20.8 Å². The van der Waals surface area contributed by atoms with Crippen molar-refractivity contribution in [3.05, 3.63) is 11.6 Å². The Morgan fingerprint density at radius 2 is 2.33 bits per heavy atom. The van der Waals surface area contributed by atoms with E-state index >= 15 is 0 Å². The van der Waals surface area contributed by atoms with E-state index in [9.17, 15) is 4.79 Å². The van der Waals surface area contributed by atoms with Crippen LogP contribution >= 0.6 is 0 Å². The first kappa shape index (κ1) is 13.0. The molecular formula is C12H20N4O2. The van der Waals surface area contributed by atoms with Crippen LogP contribution in [0.25, 0.3) is 0 Å². The van der Waals surface area contributed by atoms with Gasteiger partial charge in [0.2, 0.25) is 5.82 Å². The number of H-pyrrole nitrogens is 1. The molecule has 1 atom stereocenters. The molecule has 1 saturated heterocycles. The number of nitrogens with one attached hydrogen (secondary N) is 2. The second kappa shape index (κ2) is 5.06. The Hall–Kier alpha value is -1.43. The lowest BCUT2D eigenvalue weighted by atomic mass is 9.96. The van der Waals surface area contributed by atoms with Gasteiger partial charge in [-0.15, -0.1) is 5.10 Å². The van der Waals surface area contributed by atoms with E-state index in [1.165, 1.54) is 0 Å². The van der Waals surface area contributed by atoms with Crippen molar-refractivity contribution in [1.29, 1.82) is 0 Å². The third-order valence-electron chi connectivity index (χ3n) is 2.91. The molecule has 1 aromatic heterocycles. The highest BCUT2D eigenvalue weighted by Crippen LogP contribution is 2.17. The van der Waals surface area contributed by atoms with Crippen molar-refractivity contribution >= 4 is 5.91 Å². The minimum atomic E-state index is -0.253. The van der Waals surface area contributed by atoms with Gasteiger partial charge in [-0.2, -0.15) is 0 Å². The topological polar surface area (TPSA) is 79.9 Å². The molecule has 0 bridgehead atoms. The number of carbonyl (C=O) groups is 1. The minimum absolute atomic E-state index is 0.134. The van der Waals surface area contributed by atoms with Gasteiger partial charge in [0.1, 0.15) is 5.82 Å². The quantitative estimate of drug-likeness (QED) is 0.841. The molecule has 2 heterocycles. The van der Waals surface area contributed by atoms with Crippen LogP contribution in [0.2, 0.25) is 0 Å². The molecule has 1 amide bonds. The number of aromatic nitrogens is 3. The lowest BCUT2D eigenvalue weighted by Crippen LogP contribution is -2.32. The van der Waals surface area contributed by atoms with E-state index in [4.69, 9.17) is 4.74 Å². The Balaban J connectivity index is 1.90. The number of aromatic amines is 1. The van der Waals surface area contributed by atoms with Crippen molar-refractivity contribution < 1.29 is 9.53 Å². The molecule has 6 nitrogen and oxygen atoms in total. The number of nitrogens with zero attached hydrogens (tertiary/aromatic N) is 2. The molecule has 100 valence electrons. The van der Waals surface area contributed by atoms with Gasteiger partial charge in [0.15, 0.2) is 0 Å². The van der Waals surface area contributed by atoms with Crippen molar-refractivity contribution in [2.24, 2.45) is 0 Å². The van der Waals surface area contributed by atoms with E-state index in [1.54, 1.807) is 0 Å². The van der Waals surface area contributed by atoms with Crippen LogP contribution in [0.3, 0.4) is 0 Å². The van der Waals surface area contributed by atoms with Gasteiger partial charge in [0.25, 0.3) is 5.91 Å². The molecule has 0 aliphatic carbocycles. The molecule has 1 unspecified atom stereocenters. The Labute approximate surface area is 107 Å². The lowest BCUT2D eigenvalue weighted by Gasteiger charge is -2.13. The van der Waals surface area contributed by atoms with Gasteiger partial charge in [0, 0.05) is 18.6 Å². The zero-order valence-corrected chi connectivity index (χ0v) is 11.1. The van der Waals surface area contributed by atoms with Crippen molar-refractivity contribution in [2.45, 2.75) is 45.1 Å². The Morgan fingerprint density at radius 1 is 1.56 bits per heavy atom. The molecular weight excluding hydrogens is 232 g/mol. The Kier molecular flexibility index (Phi) is 3.65. The average Bonchev–Trinajstić information content (AvgIpc) is 2.96. The predicted molar refractivity (Wildman–Crippen MR) is 66.4 cm³/mol. The van der Waals surface area contributed by atoms with Crippen LogP contribution in [0.1, 0.15) is 50.1 Å². The number of rotatable bonds is 3. The molecule has 2 rings (SSSR count). The maximum absolute atomic E-state index is 11.8. The molecule has 0 radical (unpaired) electrons. The summed E-state index contributed by atoms with van der Waals surface area (Å²) in [6, 6.07) is 0. The summed E-state index contributed by atoms with van der Waals surface area (Å²) in [4.78, 5) is 16.0. The fourth-order valence-corrected chi connectivity index (χ4v) is 1.79. The van der Waals surface area contributed by atoms with E-state index in [-0.39, 0.29) is 23.3 Å². The summed E-state index contributed by atoms with van der Waals surface area (Å²) in [5, 5.41) is 9.54. The zero-order valence-electron chi connectivity index (χ0n) is 11.1. The van der Waals surface area contributed by atoms with Crippen LogP contribution in [-0.2, 0) is 10.2 Å². The zero-order chi connectivity index (χ0) is 13.2. The summed E-state index contributed by atoms with van der Waals surface area (Å²) in [5.41, 5.74) is -0.139. The SMILES string of the molecule is CC(C)(C)c1nc(C(=O)NCC2CCCO2)n[nH]1. The van der Waals surface area contributed by atoms with Crippen LogP contribution in [0.4, 0.5) is 0 Å². The number of amides is 1. The van der Waals surface area contributed by atoms with Crippen molar-refractivity contribution in [1.82, 2.24) is 20.5 Å². The molecule has 1 aliphatic rings. The van der Waals surface area contributed by atoms with E-state index in [2.05, 4.69) is 20.5 Å². The van der Waals surface area contributed by atoms with E-state index < -0.39 is 0 Å². The largest absolute Gasteiger partial charge is 0.376 e. The van der Waals surface area contributed by atoms with Gasteiger partial charge in [-0.05, 0) is 12.8 Å². The second-order valence-corrected chi connectivity index (χ2v) is 5.60. The van der Waals surface area contributed by atoms with Gasteiger partial charge in [-0.3, -0.25) is 9.89 Å². The maximum Gasteiger partial charge on any atom is 0.291 e. The first-order valence-corrected chi connectivity index (χ1v) is 6.29. The first-order chi connectivity index (χ1) is 8.47. The average molecular weight is 252 g/mol. The Morgan fingerprint density at radius 3 is 2.89 bits per heavy atom. The summed E-state index contributed by atoms with van der Waals surface area (Å²) < 4.78 is 5.44. The highest BCUT2D eigenvalue weighted by Gasteiger charge is 2.22. The molecule has 0 spiro atoms. The summed E-state index contributed by atoms with van der Waals surface area (Å²) in [6.45, 7) is 7.36. The highest BCUT2D eigenvalue weighted by atomic mass is 16.5. The van der Waals surface area contributed by atoms with Gasteiger partial charge < -0.3 is 10.1 Å². The summed E-state index contributed by atoms with van der Waals surface area (Å²) >= 11 is 0. The number of hydrogen-bond acceptors (Lipinski definition) is 4. The summed E-state index contributed by atoms with van der Waals surface area (Å²) in [6.07, 6.45) is 2.20. The normalized spacial score (nSPS) is 20.1.